The van der Waals surface area contributed by atoms with Gasteiger partial charge in [0, 0.05) is 18.9 Å². The normalized spacial score (nSPS) is 18.4. The van der Waals surface area contributed by atoms with Crippen LogP contribution in [0.5, 0.6) is 0 Å². The van der Waals surface area contributed by atoms with Crippen LogP contribution in [0, 0.1) is 5.92 Å². The molecule has 17 heavy (non-hydrogen) atoms. The van der Waals surface area contributed by atoms with Gasteiger partial charge >= 0.3 is 0 Å². The molecule has 1 aromatic rings. The van der Waals surface area contributed by atoms with E-state index < -0.39 is 10.0 Å². The molecule has 4 nitrogen and oxygen atoms in total. The van der Waals surface area contributed by atoms with Gasteiger partial charge < -0.3 is 4.98 Å². The Bertz CT molecular complexity index is 419. The Morgan fingerprint density at radius 3 is 2.71 bits per heavy atom. The second-order valence-corrected chi connectivity index (χ2v) is 6.68. The number of nitrogens with one attached hydrogen (secondary N) is 2. The van der Waals surface area contributed by atoms with E-state index >= 15 is 0 Å². The van der Waals surface area contributed by atoms with Crippen LogP contribution >= 0.6 is 0 Å². The van der Waals surface area contributed by atoms with Gasteiger partial charge in [0.25, 0.3) is 0 Å². The molecule has 0 saturated heterocycles. The summed E-state index contributed by atoms with van der Waals surface area (Å²) in [5.74, 6) is 0.643. The molecular formula is C12H20N2O2S. The van der Waals surface area contributed by atoms with Crippen LogP contribution in [-0.4, -0.2) is 19.2 Å². The zero-order chi connectivity index (χ0) is 12.1. The second kappa shape index (κ2) is 5.69. The average molecular weight is 256 g/mol. The van der Waals surface area contributed by atoms with Crippen molar-refractivity contribution in [3.63, 3.8) is 0 Å². The van der Waals surface area contributed by atoms with Crippen molar-refractivity contribution < 1.29 is 8.42 Å². The lowest BCUT2D eigenvalue weighted by molar-refractivity contribution is 0.384. The van der Waals surface area contributed by atoms with Gasteiger partial charge in [-0.05, 0) is 30.4 Å². The third-order valence-corrected chi connectivity index (χ3v) is 4.83. The lowest BCUT2D eigenvalue weighted by Crippen LogP contribution is -2.30. The van der Waals surface area contributed by atoms with Crippen molar-refractivity contribution in [1.82, 2.24) is 9.71 Å². The van der Waals surface area contributed by atoms with Crippen LogP contribution in [0.1, 0.15) is 37.7 Å². The van der Waals surface area contributed by atoms with Crippen LogP contribution in [0.25, 0.3) is 0 Å². The Morgan fingerprint density at radius 1 is 1.29 bits per heavy atom. The maximum absolute atomic E-state index is 11.9. The van der Waals surface area contributed by atoms with E-state index in [1.165, 1.54) is 19.3 Å². The van der Waals surface area contributed by atoms with Crippen molar-refractivity contribution in [3.05, 3.63) is 24.0 Å². The maximum Gasteiger partial charge on any atom is 0.212 e. The highest BCUT2D eigenvalue weighted by Gasteiger charge is 2.20. The van der Waals surface area contributed by atoms with Crippen LogP contribution in [0.15, 0.2) is 18.5 Å². The molecule has 2 N–H and O–H groups in total. The summed E-state index contributed by atoms with van der Waals surface area (Å²) in [5.41, 5.74) is 0.970. The van der Waals surface area contributed by atoms with Gasteiger partial charge in [-0.3, -0.25) is 0 Å². The fourth-order valence-electron chi connectivity index (χ4n) is 2.38. The van der Waals surface area contributed by atoms with E-state index in [0.29, 0.717) is 12.5 Å². The summed E-state index contributed by atoms with van der Waals surface area (Å²) in [6, 6.07) is 1.88. The molecule has 1 aliphatic carbocycles. The summed E-state index contributed by atoms with van der Waals surface area (Å²) >= 11 is 0. The monoisotopic (exact) mass is 256 g/mol. The smallest absolute Gasteiger partial charge is 0.212 e. The number of rotatable bonds is 5. The summed E-state index contributed by atoms with van der Waals surface area (Å²) in [7, 11) is -3.12. The van der Waals surface area contributed by atoms with Gasteiger partial charge in [-0.25, -0.2) is 13.1 Å². The SMILES string of the molecule is O=S(=O)(CC1CCCCC1)NCc1cc[nH]c1. The number of aromatic nitrogens is 1. The Morgan fingerprint density at radius 2 is 2.06 bits per heavy atom. The van der Waals surface area contributed by atoms with Crippen LogP contribution in [0.3, 0.4) is 0 Å². The largest absolute Gasteiger partial charge is 0.367 e. The van der Waals surface area contributed by atoms with E-state index in [1.807, 2.05) is 12.3 Å². The summed E-state index contributed by atoms with van der Waals surface area (Å²) in [6.45, 7) is 0.387. The minimum absolute atomic E-state index is 0.289. The summed E-state index contributed by atoms with van der Waals surface area (Å²) in [5, 5.41) is 0. The van der Waals surface area contributed by atoms with Crippen molar-refractivity contribution in [2.75, 3.05) is 5.75 Å². The first-order chi connectivity index (χ1) is 8.16. The van der Waals surface area contributed by atoms with Gasteiger partial charge in [-0.1, -0.05) is 19.3 Å². The number of aromatic amines is 1. The molecule has 0 radical (unpaired) electrons. The fourth-order valence-corrected chi connectivity index (χ4v) is 3.84. The van der Waals surface area contributed by atoms with Crippen molar-refractivity contribution in [2.45, 2.75) is 38.6 Å². The van der Waals surface area contributed by atoms with Gasteiger partial charge in [0.15, 0.2) is 0 Å². The third-order valence-electron chi connectivity index (χ3n) is 3.34. The highest BCUT2D eigenvalue weighted by atomic mass is 32.2. The van der Waals surface area contributed by atoms with Crippen molar-refractivity contribution in [1.29, 1.82) is 0 Å². The molecule has 0 spiro atoms. The van der Waals surface area contributed by atoms with Crippen molar-refractivity contribution in [3.8, 4) is 0 Å². The van der Waals surface area contributed by atoms with E-state index in [2.05, 4.69) is 9.71 Å². The molecule has 5 heteroatoms. The van der Waals surface area contributed by atoms with Gasteiger partial charge in [0.05, 0.1) is 5.75 Å². The summed E-state index contributed by atoms with van der Waals surface area (Å²) < 4.78 is 26.4. The number of sulfonamides is 1. The van der Waals surface area contributed by atoms with Gasteiger partial charge in [-0.15, -0.1) is 0 Å². The number of hydrogen-bond donors (Lipinski definition) is 2. The van der Waals surface area contributed by atoms with Crippen LogP contribution in [0.2, 0.25) is 0 Å². The lowest BCUT2D eigenvalue weighted by Gasteiger charge is -2.21. The second-order valence-electron chi connectivity index (χ2n) is 4.83. The molecule has 1 saturated carbocycles. The van der Waals surface area contributed by atoms with Crippen LogP contribution in [0.4, 0.5) is 0 Å². The van der Waals surface area contributed by atoms with Gasteiger partial charge in [0.2, 0.25) is 10.0 Å². The minimum Gasteiger partial charge on any atom is -0.367 e. The first-order valence-corrected chi connectivity index (χ1v) is 7.90. The average Bonchev–Trinajstić information content (AvgIpc) is 2.80. The Kier molecular flexibility index (Phi) is 4.23. The maximum atomic E-state index is 11.9. The molecule has 0 aromatic carbocycles. The van der Waals surface area contributed by atoms with Gasteiger partial charge in [0.1, 0.15) is 0 Å². The Hall–Kier alpha value is -0.810. The molecule has 0 unspecified atom stereocenters. The molecule has 1 heterocycles. The van der Waals surface area contributed by atoms with E-state index in [9.17, 15) is 8.42 Å². The third kappa shape index (κ3) is 4.16. The quantitative estimate of drug-likeness (QED) is 0.846. The van der Waals surface area contributed by atoms with E-state index in [-0.39, 0.29) is 5.75 Å². The van der Waals surface area contributed by atoms with Gasteiger partial charge in [-0.2, -0.15) is 0 Å². The number of H-pyrrole nitrogens is 1. The highest BCUT2D eigenvalue weighted by Crippen LogP contribution is 2.24. The Balaban J connectivity index is 1.81. The zero-order valence-corrected chi connectivity index (χ0v) is 10.8. The number of hydrogen-bond acceptors (Lipinski definition) is 2. The molecule has 2 rings (SSSR count). The zero-order valence-electron chi connectivity index (χ0n) is 9.98. The standard InChI is InChI=1S/C12H20N2O2S/c15-17(16,10-11-4-2-1-3-5-11)14-9-12-6-7-13-8-12/h6-8,11,13-14H,1-5,9-10H2. The molecule has 0 amide bonds. The molecule has 0 bridgehead atoms. The van der Waals surface area contributed by atoms with Crippen LogP contribution < -0.4 is 4.72 Å². The molecule has 96 valence electrons. The molecule has 0 aliphatic heterocycles. The van der Waals surface area contributed by atoms with E-state index in [1.54, 1.807) is 6.20 Å². The first kappa shape index (κ1) is 12.6. The topological polar surface area (TPSA) is 62.0 Å². The molecule has 1 aromatic heterocycles. The molecule has 1 fully saturated rings. The Labute approximate surface area is 103 Å². The predicted molar refractivity (Wildman–Crippen MR) is 68.0 cm³/mol. The molecular weight excluding hydrogens is 236 g/mol. The lowest BCUT2D eigenvalue weighted by atomic mass is 9.91. The van der Waals surface area contributed by atoms with E-state index in [4.69, 9.17) is 0 Å². The minimum atomic E-state index is -3.12. The van der Waals surface area contributed by atoms with Crippen LogP contribution in [-0.2, 0) is 16.6 Å². The molecule has 1 aliphatic rings. The summed E-state index contributed by atoms with van der Waals surface area (Å²) in [4.78, 5) is 2.91. The van der Waals surface area contributed by atoms with Crippen molar-refractivity contribution >= 4 is 10.0 Å². The summed E-state index contributed by atoms with van der Waals surface area (Å²) in [6.07, 6.45) is 9.34. The predicted octanol–water partition coefficient (Wildman–Crippen LogP) is 2.01. The molecule has 0 atom stereocenters. The van der Waals surface area contributed by atoms with Crippen molar-refractivity contribution in [2.24, 2.45) is 5.92 Å². The fraction of sp³-hybridized carbons (Fsp3) is 0.667. The first-order valence-electron chi connectivity index (χ1n) is 6.25. The van der Waals surface area contributed by atoms with E-state index in [0.717, 1.165) is 18.4 Å². The highest BCUT2D eigenvalue weighted by molar-refractivity contribution is 7.89.